The summed E-state index contributed by atoms with van der Waals surface area (Å²) in [7, 11) is 0. The number of halogens is 1. The Balaban J connectivity index is 2.41. The third kappa shape index (κ3) is 1.20. The SMILES string of the molecule is CC1(Br)Nc2ccccc2N1. The number of benzene rings is 1. The van der Waals surface area contributed by atoms with Crippen molar-refractivity contribution in [2.24, 2.45) is 0 Å². The molecule has 2 nitrogen and oxygen atoms in total. The van der Waals surface area contributed by atoms with E-state index in [1.165, 1.54) is 0 Å². The van der Waals surface area contributed by atoms with Crippen molar-refractivity contribution in [3.05, 3.63) is 24.3 Å². The lowest BCUT2D eigenvalue weighted by Crippen LogP contribution is -2.29. The van der Waals surface area contributed by atoms with Crippen molar-refractivity contribution >= 4 is 27.3 Å². The molecular weight excluding hydrogens is 204 g/mol. The third-order valence-corrected chi connectivity index (χ3v) is 2.06. The van der Waals surface area contributed by atoms with Gasteiger partial charge in [0.1, 0.15) is 0 Å². The van der Waals surface area contributed by atoms with E-state index >= 15 is 0 Å². The third-order valence-electron chi connectivity index (χ3n) is 1.67. The fraction of sp³-hybridized carbons (Fsp3) is 0.250. The van der Waals surface area contributed by atoms with Crippen molar-refractivity contribution < 1.29 is 0 Å². The predicted molar refractivity (Wildman–Crippen MR) is 51.0 cm³/mol. The van der Waals surface area contributed by atoms with Crippen LogP contribution in [-0.2, 0) is 0 Å². The summed E-state index contributed by atoms with van der Waals surface area (Å²) in [6.45, 7) is 2.03. The van der Waals surface area contributed by atoms with Gasteiger partial charge in [-0.1, -0.05) is 12.1 Å². The van der Waals surface area contributed by atoms with Gasteiger partial charge in [0.25, 0.3) is 0 Å². The van der Waals surface area contributed by atoms with E-state index in [9.17, 15) is 0 Å². The van der Waals surface area contributed by atoms with Crippen molar-refractivity contribution in [3.63, 3.8) is 0 Å². The van der Waals surface area contributed by atoms with Gasteiger partial charge in [-0.05, 0) is 35.0 Å². The molecule has 0 fully saturated rings. The maximum Gasteiger partial charge on any atom is 0.162 e. The van der Waals surface area contributed by atoms with Crippen LogP contribution in [-0.4, -0.2) is 4.57 Å². The van der Waals surface area contributed by atoms with Crippen LogP contribution >= 0.6 is 15.9 Å². The molecule has 1 aliphatic rings. The topological polar surface area (TPSA) is 24.1 Å². The van der Waals surface area contributed by atoms with E-state index in [1.54, 1.807) is 0 Å². The van der Waals surface area contributed by atoms with Gasteiger partial charge in [0, 0.05) is 0 Å². The zero-order valence-electron chi connectivity index (χ0n) is 6.19. The predicted octanol–water partition coefficient (Wildman–Crippen LogP) is 2.59. The second-order valence-electron chi connectivity index (χ2n) is 2.80. The minimum atomic E-state index is -0.184. The average Bonchev–Trinajstić information content (AvgIpc) is 2.21. The highest BCUT2D eigenvalue weighted by Gasteiger charge is 2.27. The molecule has 58 valence electrons. The molecule has 0 saturated heterocycles. The van der Waals surface area contributed by atoms with E-state index in [0.717, 1.165) is 11.4 Å². The maximum atomic E-state index is 3.50. The van der Waals surface area contributed by atoms with E-state index in [0.29, 0.717) is 0 Å². The van der Waals surface area contributed by atoms with Crippen LogP contribution in [0.1, 0.15) is 6.92 Å². The van der Waals surface area contributed by atoms with Crippen molar-refractivity contribution in [1.29, 1.82) is 0 Å². The average molecular weight is 213 g/mol. The molecule has 0 atom stereocenters. The Labute approximate surface area is 74.1 Å². The molecule has 1 aromatic carbocycles. The first-order chi connectivity index (χ1) is 5.17. The van der Waals surface area contributed by atoms with Crippen LogP contribution in [0.2, 0.25) is 0 Å². The number of rotatable bonds is 0. The minimum Gasteiger partial charge on any atom is -0.352 e. The van der Waals surface area contributed by atoms with Gasteiger partial charge >= 0.3 is 0 Å². The Kier molecular flexibility index (Phi) is 1.36. The molecular formula is C8H9BrN2. The first-order valence-electron chi connectivity index (χ1n) is 3.52. The van der Waals surface area contributed by atoms with E-state index < -0.39 is 0 Å². The maximum absolute atomic E-state index is 3.50. The number of hydrogen-bond acceptors (Lipinski definition) is 2. The lowest BCUT2D eigenvalue weighted by molar-refractivity contribution is 0.896. The highest BCUT2D eigenvalue weighted by Crippen LogP contribution is 2.35. The van der Waals surface area contributed by atoms with E-state index in [-0.39, 0.29) is 4.57 Å². The largest absolute Gasteiger partial charge is 0.352 e. The summed E-state index contributed by atoms with van der Waals surface area (Å²) in [5.41, 5.74) is 2.29. The molecule has 1 heterocycles. The summed E-state index contributed by atoms with van der Waals surface area (Å²) in [5, 5.41) is 6.56. The molecule has 2 N–H and O–H groups in total. The molecule has 11 heavy (non-hydrogen) atoms. The van der Waals surface area contributed by atoms with Gasteiger partial charge in [-0.25, -0.2) is 0 Å². The Morgan fingerprint density at radius 2 is 1.64 bits per heavy atom. The summed E-state index contributed by atoms with van der Waals surface area (Å²) in [6, 6.07) is 8.13. The van der Waals surface area contributed by atoms with Crippen molar-refractivity contribution in [2.45, 2.75) is 11.5 Å². The van der Waals surface area contributed by atoms with Crippen molar-refractivity contribution in [2.75, 3.05) is 10.6 Å². The van der Waals surface area contributed by atoms with Crippen LogP contribution in [0.5, 0.6) is 0 Å². The highest BCUT2D eigenvalue weighted by atomic mass is 79.9. The van der Waals surface area contributed by atoms with Crippen LogP contribution in [0.25, 0.3) is 0 Å². The minimum absolute atomic E-state index is 0.184. The van der Waals surface area contributed by atoms with E-state index in [2.05, 4.69) is 38.7 Å². The van der Waals surface area contributed by atoms with Crippen LogP contribution in [0.15, 0.2) is 24.3 Å². The van der Waals surface area contributed by atoms with E-state index in [1.807, 2.05) is 19.1 Å². The smallest absolute Gasteiger partial charge is 0.162 e. The number of anilines is 2. The van der Waals surface area contributed by atoms with Crippen molar-refractivity contribution in [3.8, 4) is 0 Å². The zero-order chi connectivity index (χ0) is 7.90. The summed E-state index contributed by atoms with van der Waals surface area (Å²) in [4.78, 5) is 0. The van der Waals surface area contributed by atoms with Gasteiger partial charge in [0.2, 0.25) is 0 Å². The molecule has 0 radical (unpaired) electrons. The zero-order valence-corrected chi connectivity index (χ0v) is 7.77. The second kappa shape index (κ2) is 2.14. The monoisotopic (exact) mass is 212 g/mol. The quantitative estimate of drug-likeness (QED) is 0.511. The number of para-hydroxylation sites is 2. The molecule has 1 aliphatic heterocycles. The number of fused-ring (bicyclic) bond motifs is 1. The van der Waals surface area contributed by atoms with Gasteiger partial charge < -0.3 is 10.6 Å². The molecule has 0 amide bonds. The standard InChI is InChI=1S/C8H9BrN2/c1-8(9)10-6-4-2-3-5-7(6)11-8/h2-5,10-11H,1H3. The van der Waals surface area contributed by atoms with Gasteiger partial charge in [0.05, 0.1) is 11.4 Å². The molecule has 2 rings (SSSR count). The van der Waals surface area contributed by atoms with Crippen molar-refractivity contribution in [1.82, 2.24) is 0 Å². The first-order valence-corrected chi connectivity index (χ1v) is 4.31. The van der Waals surface area contributed by atoms with E-state index in [4.69, 9.17) is 0 Å². The van der Waals surface area contributed by atoms with Crippen LogP contribution in [0, 0.1) is 0 Å². The highest BCUT2D eigenvalue weighted by molar-refractivity contribution is 9.10. The Morgan fingerprint density at radius 3 is 2.09 bits per heavy atom. The number of alkyl halides is 1. The van der Waals surface area contributed by atoms with Gasteiger partial charge in [-0.3, -0.25) is 0 Å². The summed E-state index contributed by atoms with van der Waals surface area (Å²) in [6.07, 6.45) is 0. The normalized spacial score (nSPS) is 18.4. The Hall–Kier alpha value is -0.700. The molecule has 0 aromatic heterocycles. The molecule has 0 aliphatic carbocycles. The van der Waals surface area contributed by atoms with Crippen LogP contribution in [0.3, 0.4) is 0 Å². The lowest BCUT2D eigenvalue weighted by atomic mass is 10.3. The summed E-state index contributed by atoms with van der Waals surface area (Å²) in [5.74, 6) is 0. The molecule has 0 spiro atoms. The van der Waals surface area contributed by atoms with Crippen LogP contribution in [0.4, 0.5) is 11.4 Å². The van der Waals surface area contributed by atoms with Crippen LogP contribution < -0.4 is 10.6 Å². The lowest BCUT2D eigenvalue weighted by Gasteiger charge is -2.16. The fourth-order valence-corrected chi connectivity index (χ4v) is 1.67. The molecule has 1 aromatic rings. The molecule has 0 saturated carbocycles. The van der Waals surface area contributed by atoms with Gasteiger partial charge in [-0.2, -0.15) is 0 Å². The second-order valence-corrected chi connectivity index (χ2v) is 4.38. The number of hydrogen-bond donors (Lipinski definition) is 2. The Morgan fingerprint density at radius 1 is 1.18 bits per heavy atom. The first kappa shape index (κ1) is 6.98. The summed E-state index contributed by atoms with van der Waals surface area (Å²) < 4.78 is -0.184. The summed E-state index contributed by atoms with van der Waals surface area (Å²) >= 11 is 3.50. The Bertz CT molecular complexity index is 256. The molecule has 3 heteroatoms. The number of nitrogens with one attached hydrogen (secondary N) is 2. The fourth-order valence-electron chi connectivity index (χ4n) is 1.24. The van der Waals surface area contributed by atoms with Gasteiger partial charge in [0.15, 0.2) is 4.57 Å². The molecule has 0 unspecified atom stereocenters. The molecule has 0 bridgehead atoms. The van der Waals surface area contributed by atoms with Gasteiger partial charge in [-0.15, -0.1) is 0 Å².